The lowest BCUT2D eigenvalue weighted by molar-refractivity contribution is 0.562. The Morgan fingerprint density at radius 3 is 3.00 bits per heavy atom. The molecule has 0 aliphatic rings. The van der Waals surface area contributed by atoms with E-state index in [2.05, 4.69) is 9.97 Å². The molecule has 0 amide bonds. The van der Waals surface area contributed by atoms with Gasteiger partial charge in [-0.25, -0.2) is 14.2 Å². The third kappa shape index (κ3) is 2.92. The minimum Gasteiger partial charge on any atom is -0.306 e. The van der Waals surface area contributed by atoms with Gasteiger partial charge in [0.1, 0.15) is 16.7 Å². The van der Waals surface area contributed by atoms with Crippen molar-refractivity contribution in [3.05, 3.63) is 23.2 Å². The van der Waals surface area contributed by atoms with Crippen molar-refractivity contribution in [2.24, 2.45) is 0 Å². The fraction of sp³-hybridized carbons (Fsp3) is 0.200. The maximum absolute atomic E-state index is 10.3. The molecule has 0 saturated heterocycles. The largest absolute Gasteiger partial charge is 0.306 e. The summed E-state index contributed by atoms with van der Waals surface area (Å²) < 4.78 is 18.7. The molecule has 60 valence electrons. The molecule has 11 heavy (non-hydrogen) atoms. The summed E-state index contributed by atoms with van der Waals surface area (Å²) in [6.07, 6.45) is 1.44. The van der Waals surface area contributed by atoms with Crippen molar-refractivity contribution in [1.29, 1.82) is 0 Å². The van der Waals surface area contributed by atoms with Gasteiger partial charge in [0.15, 0.2) is 11.1 Å². The predicted molar refractivity (Wildman–Crippen MR) is 41.5 cm³/mol. The van der Waals surface area contributed by atoms with E-state index in [-0.39, 0.29) is 16.7 Å². The molecule has 1 unspecified atom stereocenters. The van der Waals surface area contributed by atoms with E-state index < -0.39 is 11.1 Å². The zero-order chi connectivity index (χ0) is 8.27. The molecule has 0 saturated carbocycles. The third-order valence-electron chi connectivity index (χ3n) is 0.924. The minimum absolute atomic E-state index is 0.0828. The van der Waals surface area contributed by atoms with Crippen molar-refractivity contribution in [2.75, 3.05) is 0 Å². The lowest BCUT2D eigenvalue weighted by Crippen LogP contribution is -1.98. The fourth-order valence-electron chi connectivity index (χ4n) is 0.554. The lowest BCUT2D eigenvalue weighted by atomic mass is 10.6. The van der Waals surface area contributed by atoms with Gasteiger partial charge in [-0.1, -0.05) is 11.6 Å². The molecule has 1 aromatic heterocycles. The molecule has 6 heteroatoms. The molecule has 1 aromatic rings. The van der Waals surface area contributed by atoms with E-state index in [0.29, 0.717) is 0 Å². The predicted octanol–water partition coefficient (Wildman–Crippen LogP) is 0.852. The second kappa shape index (κ2) is 3.75. The van der Waals surface area contributed by atoms with Crippen LogP contribution in [0.3, 0.4) is 0 Å². The molecule has 1 atom stereocenters. The summed E-state index contributed by atoms with van der Waals surface area (Å²) in [5, 5.41) is 0.278. The van der Waals surface area contributed by atoms with Crippen LogP contribution in [0.4, 0.5) is 0 Å². The number of nitrogens with zero attached hydrogens (tertiary/aromatic N) is 2. The van der Waals surface area contributed by atoms with Gasteiger partial charge in [-0.05, 0) is 6.07 Å². The smallest absolute Gasteiger partial charge is 0.160 e. The van der Waals surface area contributed by atoms with Gasteiger partial charge >= 0.3 is 0 Å². The highest BCUT2D eigenvalue weighted by atomic mass is 35.5. The molecule has 1 rings (SSSR count). The first-order chi connectivity index (χ1) is 5.18. The Bertz CT molecular complexity index is 281. The van der Waals surface area contributed by atoms with Gasteiger partial charge in [-0.15, -0.1) is 0 Å². The molecule has 0 aliphatic carbocycles. The summed E-state index contributed by atoms with van der Waals surface area (Å²) in [5.41, 5.74) is 0. The van der Waals surface area contributed by atoms with Crippen LogP contribution in [0, 0.1) is 0 Å². The quantitative estimate of drug-likeness (QED) is 0.558. The van der Waals surface area contributed by atoms with Gasteiger partial charge < -0.3 is 4.55 Å². The first-order valence-electron chi connectivity index (χ1n) is 2.73. The number of halogens is 1. The van der Waals surface area contributed by atoms with Gasteiger partial charge in [0.25, 0.3) is 0 Å². The summed E-state index contributed by atoms with van der Waals surface area (Å²) in [7, 11) is 0. The Hall–Kier alpha value is -0.520. The summed E-state index contributed by atoms with van der Waals surface area (Å²) in [6, 6.07) is 1.51. The Labute approximate surface area is 70.9 Å². The van der Waals surface area contributed by atoms with Crippen molar-refractivity contribution >= 4 is 22.7 Å². The zero-order valence-corrected chi connectivity index (χ0v) is 6.97. The van der Waals surface area contributed by atoms with Gasteiger partial charge in [-0.3, -0.25) is 0 Å². The molecule has 0 fully saturated rings. The van der Waals surface area contributed by atoms with Crippen LogP contribution in [-0.2, 0) is 16.8 Å². The van der Waals surface area contributed by atoms with E-state index in [1.165, 1.54) is 12.3 Å². The van der Waals surface area contributed by atoms with Crippen LogP contribution in [0.25, 0.3) is 0 Å². The van der Waals surface area contributed by atoms with Gasteiger partial charge in [0, 0.05) is 6.20 Å². The first-order valence-corrected chi connectivity index (χ1v) is 4.39. The van der Waals surface area contributed by atoms with E-state index in [9.17, 15) is 4.21 Å². The second-order valence-electron chi connectivity index (χ2n) is 1.76. The first kappa shape index (κ1) is 8.58. The van der Waals surface area contributed by atoms with Crippen LogP contribution >= 0.6 is 11.6 Å². The molecule has 1 N–H and O–H groups in total. The number of rotatable bonds is 2. The highest BCUT2D eigenvalue weighted by Crippen LogP contribution is 2.02. The molecule has 0 spiro atoms. The van der Waals surface area contributed by atoms with Crippen LogP contribution in [-0.4, -0.2) is 18.7 Å². The molecular formula is C5H5ClN2O2S. The van der Waals surface area contributed by atoms with Crippen molar-refractivity contribution in [3.8, 4) is 0 Å². The standard InChI is InChI=1S/C5H5ClN2O2S/c6-4-1-2-7-5(8-4)3-11(9)10/h1-2H,3H2,(H,9,10). The Balaban J connectivity index is 2.79. The monoisotopic (exact) mass is 192 g/mol. The third-order valence-corrected chi connectivity index (χ3v) is 1.64. The van der Waals surface area contributed by atoms with Gasteiger partial charge in [0.05, 0.1) is 0 Å². The number of hydrogen-bond acceptors (Lipinski definition) is 3. The molecule has 0 aliphatic heterocycles. The summed E-state index contributed by atoms with van der Waals surface area (Å²) in [4.78, 5) is 7.45. The maximum Gasteiger partial charge on any atom is 0.160 e. The number of hydrogen-bond donors (Lipinski definition) is 1. The van der Waals surface area contributed by atoms with Crippen molar-refractivity contribution in [2.45, 2.75) is 5.75 Å². The van der Waals surface area contributed by atoms with Crippen LogP contribution < -0.4 is 0 Å². The van der Waals surface area contributed by atoms with Crippen molar-refractivity contribution in [1.82, 2.24) is 9.97 Å². The van der Waals surface area contributed by atoms with Crippen LogP contribution in [0.1, 0.15) is 5.82 Å². The van der Waals surface area contributed by atoms with Crippen LogP contribution in [0.15, 0.2) is 12.3 Å². The van der Waals surface area contributed by atoms with Crippen molar-refractivity contribution < 1.29 is 8.76 Å². The van der Waals surface area contributed by atoms with E-state index in [1.807, 2.05) is 0 Å². The van der Waals surface area contributed by atoms with E-state index in [0.717, 1.165) is 0 Å². The molecule has 0 bridgehead atoms. The minimum atomic E-state index is -1.91. The Kier molecular flexibility index (Phi) is 2.92. The maximum atomic E-state index is 10.3. The SMILES string of the molecule is O=S(O)Cc1nccc(Cl)n1. The number of aromatic nitrogens is 2. The highest BCUT2D eigenvalue weighted by molar-refractivity contribution is 7.78. The summed E-state index contributed by atoms with van der Waals surface area (Å²) in [6.45, 7) is 0. The summed E-state index contributed by atoms with van der Waals surface area (Å²) >= 11 is 3.59. The molecular weight excluding hydrogens is 188 g/mol. The topological polar surface area (TPSA) is 63.1 Å². The average molecular weight is 193 g/mol. The Morgan fingerprint density at radius 1 is 1.73 bits per heavy atom. The molecule has 0 radical (unpaired) electrons. The van der Waals surface area contributed by atoms with E-state index >= 15 is 0 Å². The average Bonchev–Trinajstić information content (AvgIpc) is 1.85. The van der Waals surface area contributed by atoms with Gasteiger partial charge in [0.2, 0.25) is 0 Å². The summed E-state index contributed by atoms with van der Waals surface area (Å²) in [5.74, 6) is 0.193. The van der Waals surface area contributed by atoms with Crippen molar-refractivity contribution in [3.63, 3.8) is 0 Å². The Morgan fingerprint density at radius 2 is 2.45 bits per heavy atom. The highest BCUT2D eigenvalue weighted by Gasteiger charge is 2.00. The van der Waals surface area contributed by atoms with Crippen LogP contribution in [0.5, 0.6) is 0 Å². The molecule has 4 nitrogen and oxygen atoms in total. The lowest BCUT2D eigenvalue weighted by Gasteiger charge is -1.94. The fourth-order valence-corrected chi connectivity index (χ4v) is 1.07. The normalized spacial score (nSPS) is 12.9. The van der Waals surface area contributed by atoms with E-state index in [4.69, 9.17) is 16.2 Å². The molecule has 1 heterocycles. The second-order valence-corrected chi connectivity index (χ2v) is 3.08. The van der Waals surface area contributed by atoms with E-state index in [1.54, 1.807) is 0 Å². The van der Waals surface area contributed by atoms with Crippen LogP contribution in [0.2, 0.25) is 5.15 Å². The molecule has 0 aromatic carbocycles. The van der Waals surface area contributed by atoms with Gasteiger partial charge in [-0.2, -0.15) is 0 Å². The zero-order valence-electron chi connectivity index (χ0n) is 5.40.